The summed E-state index contributed by atoms with van der Waals surface area (Å²) in [6.07, 6.45) is 3.15. The molecule has 0 unspecified atom stereocenters. The number of aryl methyl sites for hydroxylation is 2. The molecule has 0 aliphatic carbocycles. The molecular formula is C22H24N3O2+. The first-order valence-electron chi connectivity index (χ1n) is 9.37. The number of hydrogen-bond acceptors (Lipinski definition) is 2. The van der Waals surface area contributed by atoms with Crippen molar-refractivity contribution < 1.29 is 14.9 Å². The maximum atomic E-state index is 12.8. The first kappa shape index (κ1) is 17.5. The number of carbonyl (C=O) groups excluding carboxylic acids is 2. The first-order valence-corrected chi connectivity index (χ1v) is 9.37. The standard InChI is InChI=1S/C22H23N3O2/c1-14-7-8-17(11-15(14)2)25-21(26)12-20(22(25)27)23-10-9-16-13-24-19-6-4-3-5-18(16)19/h3-8,11,13,20,23-24H,9-10,12H2,1-2H3/p+1/t20-/m0/s1. The topological polar surface area (TPSA) is 69.8 Å². The first-order chi connectivity index (χ1) is 13.0. The Morgan fingerprint density at radius 1 is 1.11 bits per heavy atom. The number of quaternary nitrogens is 1. The lowest BCUT2D eigenvalue weighted by molar-refractivity contribution is -0.674. The molecule has 4 rings (SSSR count). The van der Waals surface area contributed by atoms with Gasteiger partial charge < -0.3 is 10.3 Å². The number of imide groups is 1. The lowest BCUT2D eigenvalue weighted by Gasteiger charge is -2.15. The van der Waals surface area contributed by atoms with Crippen LogP contribution in [0.3, 0.4) is 0 Å². The van der Waals surface area contributed by atoms with Crippen LogP contribution in [-0.4, -0.2) is 29.4 Å². The summed E-state index contributed by atoms with van der Waals surface area (Å²) < 4.78 is 0. The van der Waals surface area contributed by atoms with E-state index in [4.69, 9.17) is 0 Å². The number of anilines is 1. The van der Waals surface area contributed by atoms with Gasteiger partial charge in [-0.05, 0) is 48.7 Å². The van der Waals surface area contributed by atoms with Crippen molar-refractivity contribution >= 4 is 28.4 Å². The van der Waals surface area contributed by atoms with Gasteiger partial charge in [0, 0.05) is 23.5 Å². The van der Waals surface area contributed by atoms with Crippen LogP contribution in [0.5, 0.6) is 0 Å². The van der Waals surface area contributed by atoms with Gasteiger partial charge in [0.15, 0.2) is 6.04 Å². The zero-order valence-electron chi connectivity index (χ0n) is 15.7. The highest BCUT2D eigenvalue weighted by Gasteiger charge is 2.42. The van der Waals surface area contributed by atoms with Gasteiger partial charge in [-0.15, -0.1) is 0 Å². The van der Waals surface area contributed by atoms with Crippen LogP contribution in [0, 0.1) is 13.8 Å². The molecule has 0 saturated carbocycles. The molecule has 27 heavy (non-hydrogen) atoms. The Morgan fingerprint density at radius 3 is 2.74 bits per heavy atom. The normalized spacial score (nSPS) is 17.3. The van der Waals surface area contributed by atoms with Gasteiger partial charge in [-0.1, -0.05) is 24.3 Å². The molecule has 2 heterocycles. The summed E-state index contributed by atoms with van der Waals surface area (Å²) in [6.45, 7) is 4.79. The Labute approximate surface area is 158 Å². The number of aromatic amines is 1. The zero-order chi connectivity index (χ0) is 19.0. The van der Waals surface area contributed by atoms with Crippen molar-refractivity contribution in [3.05, 3.63) is 65.4 Å². The van der Waals surface area contributed by atoms with E-state index in [-0.39, 0.29) is 24.3 Å². The maximum absolute atomic E-state index is 12.8. The smallest absolute Gasteiger partial charge is 0.292 e. The summed E-state index contributed by atoms with van der Waals surface area (Å²) in [5, 5.41) is 3.22. The summed E-state index contributed by atoms with van der Waals surface area (Å²) in [7, 11) is 0. The third-order valence-corrected chi connectivity index (χ3v) is 5.47. The summed E-state index contributed by atoms with van der Waals surface area (Å²) in [6, 6.07) is 13.6. The molecule has 5 heteroatoms. The molecule has 2 aromatic carbocycles. The Kier molecular flexibility index (Phi) is 4.54. The molecule has 5 nitrogen and oxygen atoms in total. The quantitative estimate of drug-likeness (QED) is 0.684. The number of para-hydroxylation sites is 1. The third kappa shape index (κ3) is 3.26. The molecular weight excluding hydrogens is 338 g/mol. The van der Waals surface area contributed by atoms with Gasteiger partial charge in [-0.3, -0.25) is 9.59 Å². The molecule has 138 valence electrons. The number of carbonyl (C=O) groups is 2. The summed E-state index contributed by atoms with van der Waals surface area (Å²) in [4.78, 5) is 29.8. The summed E-state index contributed by atoms with van der Waals surface area (Å²) in [5.41, 5.74) is 5.28. The van der Waals surface area contributed by atoms with Gasteiger partial charge in [-0.25, -0.2) is 4.90 Å². The van der Waals surface area contributed by atoms with Crippen LogP contribution >= 0.6 is 0 Å². The van der Waals surface area contributed by atoms with Crippen LogP contribution < -0.4 is 10.2 Å². The van der Waals surface area contributed by atoms with E-state index >= 15 is 0 Å². The molecule has 1 aromatic heterocycles. The molecule has 1 saturated heterocycles. The fraction of sp³-hybridized carbons (Fsp3) is 0.273. The van der Waals surface area contributed by atoms with E-state index in [1.165, 1.54) is 15.8 Å². The number of rotatable bonds is 5. The van der Waals surface area contributed by atoms with E-state index in [9.17, 15) is 9.59 Å². The molecule has 3 aromatic rings. The molecule has 0 spiro atoms. The minimum Gasteiger partial charge on any atom is -0.361 e. The van der Waals surface area contributed by atoms with Crippen LogP contribution in [0.1, 0.15) is 23.1 Å². The number of fused-ring (bicyclic) bond motifs is 1. The van der Waals surface area contributed by atoms with Crippen LogP contribution in [0.25, 0.3) is 10.9 Å². The monoisotopic (exact) mass is 362 g/mol. The van der Waals surface area contributed by atoms with Crippen LogP contribution in [0.4, 0.5) is 5.69 Å². The lowest BCUT2D eigenvalue weighted by Crippen LogP contribution is -2.92. The zero-order valence-corrected chi connectivity index (χ0v) is 15.7. The third-order valence-electron chi connectivity index (χ3n) is 5.47. The number of nitrogens with two attached hydrogens (primary N) is 1. The highest BCUT2D eigenvalue weighted by molar-refractivity contribution is 6.21. The second kappa shape index (κ2) is 7.00. The van der Waals surface area contributed by atoms with Crippen molar-refractivity contribution in [2.24, 2.45) is 0 Å². The van der Waals surface area contributed by atoms with Gasteiger partial charge >= 0.3 is 0 Å². The fourth-order valence-electron chi connectivity index (χ4n) is 3.75. The van der Waals surface area contributed by atoms with E-state index in [1.54, 1.807) is 0 Å². The summed E-state index contributed by atoms with van der Waals surface area (Å²) >= 11 is 0. The van der Waals surface area contributed by atoms with Gasteiger partial charge in [0.05, 0.1) is 18.7 Å². The number of amides is 2. The average Bonchev–Trinajstić information content (AvgIpc) is 3.19. The lowest BCUT2D eigenvalue weighted by atomic mass is 10.1. The number of nitrogens with one attached hydrogen (secondary N) is 1. The molecule has 0 bridgehead atoms. The Morgan fingerprint density at radius 2 is 1.93 bits per heavy atom. The summed E-state index contributed by atoms with van der Waals surface area (Å²) in [5.74, 6) is -0.223. The van der Waals surface area contributed by atoms with Crippen molar-refractivity contribution in [3.63, 3.8) is 0 Å². The number of benzene rings is 2. The van der Waals surface area contributed by atoms with E-state index in [2.05, 4.69) is 17.1 Å². The van der Waals surface area contributed by atoms with Crippen molar-refractivity contribution in [3.8, 4) is 0 Å². The van der Waals surface area contributed by atoms with Crippen LogP contribution in [-0.2, 0) is 16.0 Å². The number of H-pyrrole nitrogens is 1. The highest BCUT2D eigenvalue weighted by Crippen LogP contribution is 2.24. The number of hydrogen-bond donors (Lipinski definition) is 2. The Hall–Kier alpha value is -2.92. The highest BCUT2D eigenvalue weighted by atomic mass is 16.2. The van der Waals surface area contributed by atoms with Crippen molar-refractivity contribution in [1.29, 1.82) is 0 Å². The molecule has 0 radical (unpaired) electrons. The van der Waals surface area contributed by atoms with Crippen LogP contribution in [0.2, 0.25) is 0 Å². The molecule has 1 aliphatic heterocycles. The van der Waals surface area contributed by atoms with Gasteiger partial charge in [-0.2, -0.15) is 0 Å². The molecule has 2 amide bonds. The Balaban J connectivity index is 1.42. The van der Waals surface area contributed by atoms with Gasteiger partial charge in [0.1, 0.15) is 0 Å². The van der Waals surface area contributed by atoms with E-state index < -0.39 is 0 Å². The Bertz CT molecular complexity index is 1020. The second-order valence-corrected chi connectivity index (χ2v) is 7.28. The fourth-order valence-corrected chi connectivity index (χ4v) is 3.75. The number of aromatic nitrogens is 1. The minimum absolute atomic E-state index is 0.109. The molecule has 1 aliphatic rings. The SMILES string of the molecule is Cc1ccc(N2C(=O)C[C@H]([NH2+]CCc3c[nH]c4ccccc34)C2=O)cc1C. The van der Waals surface area contributed by atoms with Gasteiger partial charge in [0.25, 0.3) is 5.91 Å². The average molecular weight is 362 g/mol. The molecule has 3 N–H and O–H groups in total. The van der Waals surface area contributed by atoms with Gasteiger partial charge in [0.2, 0.25) is 5.91 Å². The van der Waals surface area contributed by atoms with E-state index in [0.717, 1.165) is 29.6 Å². The van der Waals surface area contributed by atoms with Crippen molar-refractivity contribution in [1.82, 2.24) is 4.98 Å². The molecule has 1 atom stereocenters. The minimum atomic E-state index is -0.329. The van der Waals surface area contributed by atoms with Crippen molar-refractivity contribution in [2.75, 3.05) is 11.4 Å². The molecule has 1 fully saturated rings. The van der Waals surface area contributed by atoms with E-state index in [0.29, 0.717) is 5.69 Å². The second-order valence-electron chi connectivity index (χ2n) is 7.28. The predicted octanol–water partition coefficient (Wildman–Crippen LogP) is 2.22. The predicted molar refractivity (Wildman–Crippen MR) is 106 cm³/mol. The van der Waals surface area contributed by atoms with Crippen LogP contribution in [0.15, 0.2) is 48.7 Å². The largest absolute Gasteiger partial charge is 0.361 e. The maximum Gasteiger partial charge on any atom is 0.292 e. The number of nitrogens with zero attached hydrogens (tertiary/aromatic N) is 1. The van der Waals surface area contributed by atoms with E-state index in [1.807, 2.05) is 55.7 Å². The van der Waals surface area contributed by atoms with Crippen molar-refractivity contribution in [2.45, 2.75) is 32.7 Å².